The van der Waals surface area contributed by atoms with E-state index in [0.29, 0.717) is 0 Å². The normalized spacial score (nSPS) is 11.6. The molecule has 12 heavy (non-hydrogen) atoms. The number of unbranched alkanes of at least 4 members (excludes halogenated alkanes) is 3. The first kappa shape index (κ1) is 11.5. The van der Waals surface area contributed by atoms with Gasteiger partial charge in [0.15, 0.2) is 0 Å². The van der Waals surface area contributed by atoms with Gasteiger partial charge >= 0.3 is 5.97 Å². The Labute approximate surface area is 75.0 Å². The van der Waals surface area contributed by atoms with E-state index < -0.39 is 11.4 Å². The van der Waals surface area contributed by atoms with Gasteiger partial charge in [-0.3, -0.25) is 0 Å². The minimum atomic E-state index is -0.931. The summed E-state index contributed by atoms with van der Waals surface area (Å²) in [7, 11) is 0. The quantitative estimate of drug-likeness (QED) is 0.566. The molecule has 0 N–H and O–H groups in total. The molecule has 0 aromatic carbocycles. The minimum Gasteiger partial charge on any atom is -0.247 e. The molecule has 0 aliphatic heterocycles. The Bertz CT molecular complexity index is 139. The summed E-state index contributed by atoms with van der Waals surface area (Å²) in [5, 5.41) is 10.6. The molecular weight excluding hydrogens is 152 g/mol. The second kappa shape index (κ2) is 5.18. The van der Waals surface area contributed by atoms with Crippen molar-refractivity contribution in [3.8, 4) is 0 Å². The number of rotatable bonds is 6. The fourth-order valence-corrected chi connectivity index (χ4v) is 1.10. The van der Waals surface area contributed by atoms with Crippen LogP contribution in [-0.2, 0) is 9.90 Å². The largest absolute Gasteiger partial charge is 0.361 e. The molecule has 0 amide bonds. The van der Waals surface area contributed by atoms with E-state index in [1.165, 1.54) is 12.8 Å². The topological polar surface area (TPSA) is 37.0 Å². The van der Waals surface area contributed by atoms with Crippen LogP contribution in [0.2, 0.25) is 0 Å². The summed E-state index contributed by atoms with van der Waals surface area (Å²) in [6.07, 6.45) is 5.24. The maximum Gasteiger partial charge on any atom is 0.361 e. The van der Waals surface area contributed by atoms with Gasteiger partial charge in [0.25, 0.3) is 0 Å². The fourth-order valence-electron chi connectivity index (χ4n) is 1.10. The highest BCUT2D eigenvalue weighted by molar-refractivity contribution is 5.73. The Kier molecular flexibility index (Phi) is 4.95. The van der Waals surface area contributed by atoms with Gasteiger partial charge in [0.1, 0.15) is 0 Å². The monoisotopic (exact) mass is 171 g/mol. The predicted molar refractivity (Wildman–Crippen MR) is 48.2 cm³/mol. The molecule has 0 saturated heterocycles. The van der Waals surface area contributed by atoms with Crippen LogP contribution in [0, 0.1) is 5.41 Å². The van der Waals surface area contributed by atoms with Gasteiger partial charge in [0.2, 0.25) is 0 Å². The minimum absolute atomic E-state index is 0.645. The molecule has 0 heterocycles. The van der Waals surface area contributed by atoms with Crippen molar-refractivity contribution in [2.45, 2.75) is 52.9 Å². The maximum atomic E-state index is 10.6. The van der Waals surface area contributed by atoms with Crippen LogP contribution < -0.4 is 0 Å². The van der Waals surface area contributed by atoms with Crippen LogP contribution in [0.15, 0.2) is 0 Å². The van der Waals surface area contributed by atoms with Crippen molar-refractivity contribution in [1.29, 1.82) is 0 Å². The third-order valence-electron chi connectivity index (χ3n) is 2.21. The fraction of sp³-hybridized carbons (Fsp3) is 0.900. The molecule has 71 valence electrons. The van der Waals surface area contributed by atoms with E-state index in [2.05, 4.69) is 6.92 Å². The molecule has 0 spiro atoms. The van der Waals surface area contributed by atoms with Crippen molar-refractivity contribution in [3.05, 3.63) is 0 Å². The molecule has 1 radical (unpaired) electrons. The zero-order chi connectivity index (χ0) is 9.61. The lowest BCUT2D eigenvalue weighted by molar-refractivity contribution is -0.153. The van der Waals surface area contributed by atoms with Crippen molar-refractivity contribution in [2.24, 2.45) is 5.41 Å². The van der Waals surface area contributed by atoms with Crippen LogP contribution in [0.5, 0.6) is 0 Å². The first-order valence-corrected chi connectivity index (χ1v) is 4.72. The molecule has 0 rings (SSSR count). The van der Waals surface area contributed by atoms with Crippen LogP contribution in [0.25, 0.3) is 0 Å². The lowest BCUT2D eigenvalue weighted by Gasteiger charge is -2.16. The highest BCUT2D eigenvalue weighted by Crippen LogP contribution is 2.24. The summed E-state index contributed by atoms with van der Waals surface area (Å²) in [4.78, 5) is 10.6. The van der Waals surface area contributed by atoms with Gasteiger partial charge < -0.3 is 0 Å². The van der Waals surface area contributed by atoms with E-state index in [1.54, 1.807) is 13.8 Å². The van der Waals surface area contributed by atoms with Gasteiger partial charge in [-0.1, -0.05) is 32.6 Å². The van der Waals surface area contributed by atoms with E-state index in [1.807, 2.05) is 0 Å². The first-order chi connectivity index (χ1) is 5.50. The highest BCUT2D eigenvalue weighted by Gasteiger charge is 2.27. The molecule has 0 atom stereocenters. The molecule has 2 heteroatoms. The second-order valence-corrected chi connectivity index (χ2v) is 3.98. The van der Waals surface area contributed by atoms with E-state index in [9.17, 15) is 9.90 Å². The SMILES string of the molecule is CCCCCCC(C)(C)C([O])=O. The average molecular weight is 171 g/mol. The van der Waals surface area contributed by atoms with Crippen LogP contribution in [0.1, 0.15) is 52.9 Å². The Morgan fingerprint density at radius 2 is 1.75 bits per heavy atom. The number of hydrogen-bond acceptors (Lipinski definition) is 1. The highest BCUT2D eigenvalue weighted by atomic mass is 16.4. The van der Waals surface area contributed by atoms with Crippen molar-refractivity contribution in [3.63, 3.8) is 0 Å². The van der Waals surface area contributed by atoms with Crippen LogP contribution in [0.3, 0.4) is 0 Å². The average Bonchev–Trinajstić information content (AvgIpc) is 1.98. The van der Waals surface area contributed by atoms with Crippen LogP contribution in [0.4, 0.5) is 0 Å². The lowest BCUT2D eigenvalue weighted by Crippen LogP contribution is -2.22. The summed E-state index contributed by atoms with van der Waals surface area (Å²) < 4.78 is 0. The van der Waals surface area contributed by atoms with E-state index in [-0.39, 0.29) is 0 Å². The molecular formula is C10H19O2. The van der Waals surface area contributed by atoms with Gasteiger partial charge in [-0.2, -0.15) is 0 Å². The molecule has 0 aliphatic carbocycles. The Hall–Kier alpha value is -0.530. The van der Waals surface area contributed by atoms with Gasteiger partial charge in [-0.05, 0) is 20.3 Å². The van der Waals surface area contributed by atoms with Gasteiger partial charge in [-0.15, -0.1) is 0 Å². The second-order valence-electron chi connectivity index (χ2n) is 3.98. The summed E-state index contributed by atoms with van der Waals surface area (Å²) in [6, 6.07) is 0. The summed E-state index contributed by atoms with van der Waals surface area (Å²) >= 11 is 0. The number of carbonyl (C=O) groups excluding carboxylic acids is 1. The van der Waals surface area contributed by atoms with E-state index in [0.717, 1.165) is 19.3 Å². The van der Waals surface area contributed by atoms with E-state index >= 15 is 0 Å². The summed E-state index contributed by atoms with van der Waals surface area (Å²) in [6.45, 7) is 5.60. The van der Waals surface area contributed by atoms with Crippen molar-refractivity contribution in [2.75, 3.05) is 0 Å². The molecule has 0 unspecified atom stereocenters. The molecule has 2 nitrogen and oxygen atoms in total. The number of carbonyl (C=O) groups is 1. The zero-order valence-electron chi connectivity index (χ0n) is 8.35. The molecule has 0 aliphatic rings. The van der Waals surface area contributed by atoms with Crippen molar-refractivity contribution >= 4 is 5.97 Å². The summed E-state index contributed by atoms with van der Waals surface area (Å²) in [5.41, 5.74) is -0.645. The van der Waals surface area contributed by atoms with Crippen molar-refractivity contribution < 1.29 is 9.90 Å². The third-order valence-corrected chi connectivity index (χ3v) is 2.21. The first-order valence-electron chi connectivity index (χ1n) is 4.72. The van der Waals surface area contributed by atoms with Crippen LogP contribution >= 0.6 is 0 Å². The maximum absolute atomic E-state index is 10.6. The molecule has 0 saturated carbocycles. The molecule has 0 aromatic heterocycles. The summed E-state index contributed by atoms with van der Waals surface area (Å²) in [5.74, 6) is -0.931. The third kappa shape index (κ3) is 4.37. The predicted octanol–water partition coefficient (Wildman–Crippen LogP) is 2.94. The smallest absolute Gasteiger partial charge is 0.247 e. The van der Waals surface area contributed by atoms with Crippen molar-refractivity contribution in [1.82, 2.24) is 0 Å². The zero-order valence-corrected chi connectivity index (χ0v) is 8.35. The molecule has 0 bridgehead atoms. The van der Waals surface area contributed by atoms with Gasteiger partial charge in [0, 0.05) is 0 Å². The Balaban J connectivity index is 3.54. The molecule has 0 aromatic rings. The van der Waals surface area contributed by atoms with Gasteiger partial charge in [0.05, 0.1) is 5.41 Å². The number of hydrogen-bond donors (Lipinski definition) is 0. The molecule has 0 fully saturated rings. The standard InChI is InChI=1S/C10H19O2/c1-4-5-6-7-8-10(2,3)9(11)12/h4-8H2,1-3H3. The van der Waals surface area contributed by atoms with Gasteiger partial charge in [-0.25, -0.2) is 9.90 Å². The lowest BCUT2D eigenvalue weighted by atomic mass is 9.87. The van der Waals surface area contributed by atoms with Crippen LogP contribution in [-0.4, -0.2) is 5.97 Å². The van der Waals surface area contributed by atoms with E-state index in [4.69, 9.17) is 0 Å². The Morgan fingerprint density at radius 1 is 1.17 bits per heavy atom. The Morgan fingerprint density at radius 3 is 2.17 bits per heavy atom.